The molecule has 4 heteroatoms. The minimum atomic E-state index is 0.529. The molecule has 0 fully saturated rings. The molecule has 0 radical (unpaired) electrons. The molecule has 0 amide bonds. The van der Waals surface area contributed by atoms with E-state index >= 15 is 0 Å². The lowest BCUT2D eigenvalue weighted by molar-refractivity contribution is 0.287. The highest BCUT2D eigenvalue weighted by atomic mass is 16.5. The maximum absolute atomic E-state index is 9.57. The van der Waals surface area contributed by atoms with Crippen LogP contribution >= 0.6 is 0 Å². The maximum atomic E-state index is 9.57. The largest absolute Gasteiger partial charge is 0.496 e. The second-order valence-electron chi connectivity index (χ2n) is 4.94. The number of rotatable bonds is 7. The van der Waals surface area contributed by atoms with Gasteiger partial charge < -0.3 is 14.2 Å². The number of hydrogen-bond acceptors (Lipinski definition) is 4. The van der Waals surface area contributed by atoms with E-state index in [1.54, 1.807) is 7.11 Å². The number of para-hydroxylation sites is 1. The van der Waals surface area contributed by atoms with Crippen molar-refractivity contribution in [2.24, 2.45) is 0 Å². The predicted molar refractivity (Wildman–Crippen MR) is 95.3 cm³/mol. The summed E-state index contributed by atoms with van der Waals surface area (Å²) < 4.78 is 16.5. The minimum absolute atomic E-state index is 0.529. The molecule has 0 saturated carbocycles. The van der Waals surface area contributed by atoms with E-state index in [2.05, 4.69) is 6.07 Å². The number of allylic oxidation sites excluding steroid dienone is 1. The molecular formula is C20H21NO3. The molecule has 2 aromatic carbocycles. The lowest BCUT2D eigenvalue weighted by Crippen LogP contribution is -1.99. The first-order valence-corrected chi connectivity index (χ1v) is 7.88. The summed E-state index contributed by atoms with van der Waals surface area (Å²) in [6, 6.07) is 15.4. The smallest absolute Gasteiger partial charge is 0.161 e. The molecule has 0 atom stereocenters. The van der Waals surface area contributed by atoms with E-state index in [1.165, 1.54) is 0 Å². The Bertz CT molecular complexity index is 760. The van der Waals surface area contributed by atoms with E-state index in [9.17, 15) is 5.26 Å². The Morgan fingerprint density at radius 2 is 1.71 bits per heavy atom. The summed E-state index contributed by atoms with van der Waals surface area (Å²) in [5.74, 6) is 2.04. The van der Waals surface area contributed by atoms with E-state index in [0.29, 0.717) is 30.3 Å². The van der Waals surface area contributed by atoms with Crippen molar-refractivity contribution in [1.29, 1.82) is 5.26 Å². The van der Waals surface area contributed by atoms with Crippen LogP contribution in [0.25, 0.3) is 11.6 Å². The van der Waals surface area contributed by atoms with Crippen molar-refractivity contribution in [1.82, 2.24) is 0 Å². The number of nitrogens with zero attached hydrogens (tertiary/aromatic N) is 1. The highest BCUT2D eigenvalue weighted by molar-refractivity contribution is 5.91. The van der Waals surface area contributed by atoms with Crippen LogP contribution in [0.1, 0.15) is 25.0 Å². The van der Waals surface area contributed by atoms with Gasteiger partial charge in [-0.3, -0.25) is 0 Å². The Kier molecular flexibility index (Phi) is 6.27. The van der Waals surface area contributed by atoms with Crippen LogP contribution in [0.4, 0.5) is 0 Å². The zero-order valence-electron chi connectivity index (χ0n) is 14.2. The second-order valence-corrected chi connectivity index (χ2v) is 4.94. The number of nitriles is 1. The molecule has 24 heavy (non-hydrogen) atoms. The van der Waals surface area contributed by atoms with Crippen LogP contribution in [0.5, 0.6) is 17.2 Å². The van der Waals surface area contributed by atoms with Gasteiger partial charge in [-0.15, -0.1) is 0 Å². The van der Waals surface area contributed by atoms with E-state index < -0.39 is 0 Å². The van der Waals surface area contributed by atoms with Crippen LogP contribution in [-0.4, -0.2) is 20.3 Å². The average Bonchev–Trinajstić information content (AvgIpc) is 2.62. The lowest BCUT2D eigenvalue weighted by atomic mass is 10.0. The van der Waals surface area contributed by atoms with Crippen molar-refractivity contribution in [2.45, 2.75) is 13.8 Å². The molecule has 0 aliphatic heterocycles. The van der Waals surface area contributed by atoms with Crippen LogP contribution in [0.15, 0.2) is 42.5 Å². The average molecular weight is 323 g/mol. The Morgan fingerprint density at radius 3 is 2.38 bits per heavy atom. The van der Waals surface area contributed by atoms with Gasteiger partial charge in [0.25, 0.3) is 0 Å². The zero-order valence-corrected chi connectivity index (χ0v) is 14.2. The van der Waals surface area contributed by atoms with Crippen LogP contribution in [0, 0.1) is 11.3 Å². The Hall–Kier alpha value is -2.93. The summed E-state index contributed by atoms with van der Waals surface area (Å²) in [6.07, 6.45) is 1.81. The zero-order chi connectivity index (χ0) is 17.4. The van der Waals surface area contributed by atoms with Gasteiger partial charge in [-0.2, -0.15) is 5.26 Å². The van der Waals surface area contributed by atoms with E-state index in [1.807, 2.05) is 62.4 Å². The van der Waals surface area contributed by atoms with Crippen LogP contribution in [0.3, 0.4) is 0 Å². The van der Waals surface area contributed by atoms with Gasteiger partial charge in [-0.1, -0.05) is 18.2 Å². The van der Waals surface area contributed by atoms with E-state index in [-0.39, 0.29) is 0 Å². The molecule has 0 saturated heterocycles. The fourth-order valence-electron chi connectivity index (χ4n) is 2.34. The maximum Gasteiger partial charge on any atom is 0.161 e. The van der Waals surface area contributed by atoms with Gasteiger partial charge >= 0.3 is 0 Å². The van der Waals surface area contributed by atoms with Crippen LogP contribution < -0.4 is 14.2 Å². The standard InChI is InChI=1S/C20H21NO3/c1-4-23-19-11-10-15(13-20(19)24-5-2)17(14-21)12-16-8-6-7-9-18(16)22-3/h6-13H,4-5H2,1-3H3. The molecule has 0 heterocycles. The molecule has 0 aromatic heterocycles. The fraction of sp³-hybridized carbons (Fsp3) is 0.250. The Labute approximate surface area is 142 Å². The molecule has 0 bridgehead atoms. The number of benzene rings is 2. The van der Waals surface area contributed by atoms with Gasteiger partial charge in [0.15, 0.2) is 11.5 Å². The first-order chi connectivity index (χ1) is 11.7. The molecule has 0 spiro atoms. The van der Waals surface area contributed by atoms with Crippen molar-refractivity contribution in [2.75, 3.05) is 20.3 Å². The van der Waals surface area contributed by atoms with Gasteiger partial charge in [-0.05, 0) is 49.8 Å². The first kappa shape index (κ1) is 17.4. The van der Waals surface area contributed by atoms with Crippen molar-refractivity contribution in [3.63, 3.8) is 0 Å². The normalized spacial score (nSPS) is 10.8. The Balaban J connectivity index is 2.45. The van der Waals surface area contributed by atoms with Crippen LogP contribution in [-0.2, 0) is 0 Å². The molecular weight excluding hydrogens is 302 g/mol. The van der Waals surface area contributed by atoms with E-state index in [4.69, 9.17) is 14.2 Å². The highest BCUT2D eigenvalue weighted by Gasteiger charge is 2.10. The molecule has 0 aliphatic carbocycles. The number of ether oxygens (including phenoxy) is 3. The van der Waals surface area contributed by atoms with Gasteiger partial charge in [0.1, 0.15) is 5.75 Å². The molecule has 124 valence electrons. The number of methoxy groups -OCH3 is 1. The molecule has 2 rings (SSSR count). The van der Waals surface area contributed by atoms with Crippen LogP contribution in [0.2, 0.25) is 0 Å². The SMILES string of the molecule is CCOc1ccc(C(C#N)=Cc2ccccc2OC)cc1OCC. The third-order valence-electron chi connectivity index (χ3n) is 3.41. The molecule has 2 aromatic rings. The summed E-state index contributed by atoms with van der Waals surface area (Å²) >= 11 is 0. The topological polar surface area (TPSA) is 51.5 Å². The van der Waals surface area contributed by atoms with Gasteiger partial charge in [-0.25, -0.2) is 0 Å². The minimum Gasteiger partial charge on any atom is -0.496 e. The third kappa shape index (κ3) is 4.08. The lowest BCUT2D eigenvalue weighted by Gasteiger charge is -2.12. The van der Waals surface area contributed by atoms with Crippen molar-refractivity contribution in [3.8, 4) is 23.3 Å². The van der Waals surface area contributed by atoms with Crippen molar-refractivity contribution >= 4 is 11.6 Å². The summed E-state index contributed by atoms with van der Waals surface area (Å²) in [4.78, 5) is 0. The predicted octanol–water partition coefficient (Wildman–Crippen LogP) is 4.56. The summed E-state index contributed by atoms with van der Waals surface area (Å²) in [5, 5.41) is 9.57. The van der Waals surface area contributed by atoms with Crippen molar-refractivity contribution < 1.29 is 14.2 Å². The molecule has 0 unspecified atom stereocenters. The Morgan fingerprint density at radius 1 is 1.00 bits per heavy atom. The quantitative estimate of drug-likeness (QED) is 0.554. The summed E-state index contributed by atoms with van der Waals surface area (Å²) in [7, 11) is 1.61. The highest BCUT2D eigenvalue weighted by Crippen LogP contribution is 2.32. The number of hydrogen-bond donors (Lipinski definition) is 0. The fourth-order valence-corrected chi connectivity index (χ4v) is 2.34. The second kappa shape index (κ2) is 8.64. The van der Waals surface area contributed by atoms with Gasteiger partial charge in [0, 0.05) is 5.56 Å². The molecule has 4 nitrogen and oxygen atoms in total. The summed E-state index contributed by atoms with van der Waals surface area (Å²) in [5.41, 5.74) is 2.15. The van der Waals surface area contributed by atoms with Crippen molar-refractivity contribution in [3.05, 3.63) is 53.6 Å². The first-order valence-electron chi connectivity index (χ1n) is 7.88. The molecule has 0 aliphatic rings. The van der Waals surface area contributed by atoms with Gasteiger partial charge in [0.05, 0.1) is 32.0 Å². The molecule has 0 N–H and O–H groups in total. The third-order valence-corrected chi connectivity index (χ3v) is 3.41. The summed E-state index contributed by atoms with van der Waals surface area (Å²) in [6.45, 7) is 4.92. The van der Waals surface area contributed by atoms with Gasteiger partial charge in [0.2, 0.25) is 0 Å². The van der Waals surface area contributed by atoms with E-state index in [0.717, 1.165) is 16.9 Å². The monoisotopic (exact) mass is 323 g/mol.